The molecule has 0 spiro atoms. The summed E-state index contributed by atoms with van der Waals surface area (Å²) in [6.45, 7) is 0. The van der Waals surface area contributed by atoms with Crippen LogP contribution in [0.3, 0.4) is 0 Å². The van der Waals surface area contributed by atoms with Gasteiger partial charge in [0.25, 0.3) is 0 Å². The number of rotatable bonds is 1. The number of thioether (sulfide) groups is 1. The highest BCUT2D eigenvalue weighted by molar-refractivity contribution is 8.13. The van der Waals surface area contributed by atoms with Gasteiger partial charge in [0.05, 0.1) is 0 Å². The zero-order valence-corrected chi connectivity index (χ0v) is 8.81. The lowest BCUT2D eigenvalue weighted by atomic mass is 10.2. The molecule has 0 saturated carbocycles. The third-order valence-electron chi connectivity index (χ3n) is 1.84. The van der Waals surface area contributed by atoms with Gasteiger partial charge in [-0.1, -0.05) is 11.8 Å². The second-order valence-electron chi connectivity index (χ2n) is 2.81. The van der Waals surface area contributed by atoms with Gasteiger partial charge < -0.3 is 0 Å². The summed E-state index contributed by atoms with van der Waals surface area (Å²) >= 11 is 1.45. The molecular weight excluding hydrogens is 215 g/mol. The SMILES string of the molecule is CSC1=NNC(c2ccc(F)cc2)=NN1. The van der Waals surface area contributed by atoms with E-state index in [0.717, 1.165) is 5.56 Å². The molecule has 78 valence electrons. The van der Waals surface area contributed by atoms with Crippen molar-refractivity contribution in [1.82, 2.24) is 10.9 Å². The molecule has 0 bridgehead atoms. The van der Waals surface area contributed by atoms with E-state index in [1.807, 2.05) is 6.26 Å². The van der Waals surface area contributed by atoms with Crippen molar-refractivity contribution in [2.45, 2.75) is 0 Å². The van der Waals surface area contributed by atoms with Crippen LogP contribution in [0, 0.1) is 5.82 Å². The lowest BCUT2D eigenvalue weighted by Gasteiger charge is -2.12. The highest BCUT2D eigenvalue weighted by Crippen LogP contribution is 2.05. The predicted molar refractivity (Wildman–Crippen MR) is 60.2 cm³/mol. The van der Waals surface area contributed by atoms with Gasteiger partial charge >= 0.3 is 0 Å². The summed E-state index contributed by atoms with van der Waals surface area (Å²) in [7, 11) is 0. The molecule has 4 nitrogen and oxygen atoms in total. The molecule has 2 N–H and O–H groups in total. The highest BCUT2D eigenvalue weighted by Gasteiger charge is 2.08. The van der Waals surface area contributed by atoms with Gasteiger partial charge in [0.1, 0.15) is 5.82 Å². The standard InChI is InChI=1S/C9H9FN4S/c1-15-9-13-11-8(12-14-9)6-2-4-7(10)5-3-6/h2-5H,1H3,(H,11,12)(H,13,14). The first kappa shape index (κ1) is 9.97. The average Bonchev–Trinajstić information content (AvgIpc) is 2.30. The van der Waals surface area contributed by atoms with Crippen LogP contribution in [0.1, 0.15) is 5.56 Å². The molecule has 0 aliphatic carbocycles. The zero-order chi connectivity index (χ0) is 10.7. The van der Waals surface area contributed by atoms with Crippen LogP contribution < -0.4 is 10.9 Å². The molecule has 1 aliphatic heterocycles. The van der Waals surface area contributed by atoms with Crippen LogP contribution in [0.2, 0.25) is 0 Å². The minimum absolute atomic E-state index is 0.267. The first-order valence-corrected chi connectivity index (χ1v) is 5.49. The van der Waals surface area contributed by atoms with Crippen LogP contribution in [-0.2, 0) is 0 Å². The third kappa shape index (κ3) is 2.27. The summed E-state index contributed by atoms with van der Waals surface area (Å²) in [5, 5.41) is 8.78. The van der Waals surface area contributed by atoms with Crippen LogP contribution in [0.4, 0.5) is 4.39 Å². The smallest absolute Gasteiger partial charge is 0.200 e. The van der Waals surface area contributed by atoms with E-state index in [9.17, 15) is 4.39 Å². The van der Waals surface area contributed by atoms with E-state index in [1.54, 1.807) is 12.1 Å². The van der Waals surface area contributed by atoms with E-state index >= 15 is 0 Å². The van der Waals surface area contributed by atoms with Gasteiger partial charge in [0.2, 0.25) is 5.17 Å². The normalized spacial score (nSPS) is 14.8. The minimum Gasteiger partial charge on any atom is -0.257 e. The summed E-state index contributed by atoms with van der Waals surface area (Å²) in [5.41, 5.74) is 6.35. The van der Waals surface area contributed by atoms with Crippen LogP contribution in [0.5, 0.6) is 0 Å². The fraction of sp³-hybridized carbons (Fsp3) is 0.111. The molecule has 1 aromatic rings. The van der Waals surface area contributed by atoms with Gasteiger partial charge in [-0.15, -0.1) is 5.10 Å². The second-order valence-corrected chi connectivity index (χ2v) is 3.61. The van der Waals surface area contributed by atoms with Crippen molar-refractivity contribution in [1.29, 1.82) is 0 Å². The summed E-state index contributed by atoms with van der Waals surface area (Å²) < 4.78 is 12.7. The van der Waals surface area contributed by atoms with E-state index in [2.05, 4.69) is 21.1 Å². The van der Waals surface area contributed by atoms with Crippen molar-refractivity contribution < 1.29 is 4.39 Å². The van der Waals surface area contributed by atoms with Crippen LogP contribution in [0.15, 0.2) is 34.5 Å². The molecule has 2 rings (SSSR count). The van der Waals surface area contributed by atoms with Gasteiger partial charge in [-0.3, -0.25) is 10.9 Å². The Labute approximate surface area is 90.6 Å². The molecule has 1 heterocycles. The van der Waals surface area contributed by atoms with Gasteiger partial charge in [-0.2, -0.15) is 5.10 Å². The Bertz CT molecular complexity index is 413. The Hall–Kier alpha value is -1.56. The Morgan fingerprint density at radius 3 is 2.40 bits per heavy atom. The number of amidine groups is 2. The topological polar surface area (TPSA) is 48.8 Å². The van der Waals surface area contributed by atoms with E-state index in [0.29, 0.717) is 11.0 Å². The Kier molecular flexibility index (Phi) is 2.86. The summed E-state index contributed by atoms with van der Waals surface area (Å²) in [4.78, 5) is 0. The molecule has 0 saturated heterocycles. The molecule has 0 aromatic heterocycles. The van der Waals surface area contributed by atoms with E-state index in [-0.39, 0.29) is 5.82 Å². The molecule has 1 aromatic carbocycles. The fourth-order valence-corrected chi connectivity index (χ4v) is 1.36. The molecule has 0 atom stereocenters. The van der Waals surface area contributed by atoms with Gasteiger partial charge in [0, 0.05) is 5.56 Å². The average molecular weight is 224 g/mol. The second kappa shape index (κ2) is 4.31. The zero-order valence-electron chi connectivity index (χ0n) is 7.99. The third-order valence-corrected chi connectivity index (χ3v) is 2.41. The molecule has 0 unspecified atom stereocenters. The molecule has 0 fully saturated rings. The van der Waals surface area contributed by atoms with Crippen LogP contribution in [-0.4, -0.2) is 17.3 Å². The number of nitrogens with one attached hydrogen (secondary N) is 2. The van der Waals surface area contributed by atoms with Gasteiger partial charge in [-0.25, -0.2) is 4.39 Å². The number of hydrogen-bond acceptors (Lipinski definition) is 5. The molecule has 0 radical (unpaired) electrons. The number of hydrazone groups is 2. The monoisotopic (exact) mass is 224 g/mol. The van der Waals surface area contributed by atoms with Crippen molar-refractivity contribution >= 4 is 22.8 Å². The minimum atomic E-state index is -0.267. The molecule has 15 heavy (non-hydrogen) atoms. The summed E-state index contributed by atoms with van der Waals surface area (Å²) in [5.74, 6) is 0.309. The maximum absolute atomic E-state index is 12.7. The maximum Gasteiger partial charge on any atom is 0.200 e. The predicted octanol–water partition coefficient (Wildman–Crippen LogP) is 1.31. The van der Waals surface area contributed by atoms with Crippen molar-refractivity contribution in [2.24, 2.45) is 10.2 Å². The maximum atomic E-state index is 12.7. The van der Waals surface area contributed by atoms with Gasteiger partial charge in [0.15, 0.2) is 5.84 Å². The van der Waals surface area contributed by atoms with E-state index in [4.69, 9.17) is 0 Å². The number of nitrogens with zero attached hydrogens (tertiary/aromatic N) is 2. The van der Waals surface area contributed by atoms with E-state index < -0.39 is 0 Å². The largest absolute Gasteiger partial charge is 0.257 e. The number of halogens is 1. The number of benzene rings is 1. The molecule has 1 aliphatic rings. The highest BCUT2D eigenvalue weighted by atomic mass is 32.2. The molecular formula is C9H9FN4S. The Morgan fingerprint density at radius 2 is 1.87 bits per heavy atom. The number of hydrogen-bond donors (Lipinski definition) is 2. The van der Waals surface area contributed by atoms with Crippen LogP contribution >= 0.6 is 11.8 Å². The van der Waals surface area contributed by atoms with E-state index in [1.165, 1.54) is 23.9 Å². The molecule has 0 amide bonds. The van der Waals surface area contributed by atoms with Crippen molar-refractivity contribution in [2.75, 3.05) is 6.26 Å². The summed E-state index contributed by atoms with van der Waals surface area (Å²) in [6, 6.07) is 6.05. The van der Waals surface area contributed by atoms with Crippen molar-refractivity contribution in [3.8, 4) is 0 Å². The van der Waals surface area contributed by atoms with Gasteiger partial charge in [-0.05, 0) is 30.5 Å². The van der Waals surface area contributed by atoms with Crippen molar-refractivity contribution in [3.63, 3.8) is 0 Å². The van der Waals surface area contributed by atoms with Crippen LogP contribution in [0.25, 0.3) is 0 Å². The first-order chi connectivity index (χ1) is 7.29. The fourth-order valence-electron chi connectivity index (χ4n) is 1.09. The summed E-state index contributed by atoms with van der Waals surface area (Å²) in [6.07, 6.45) is 1.89. The lowest BCUT2D eigenvalue weighted by molar-refractivity contribution is 0.627. The Morgan fingerprint density at radius 1 is 1.13 bits per heavy atom. The molecule has 6 heteroatoms. The van der Waals surface area contributed by atoms with Crippen molar-refractivity contribution in [3.05, 3.63) is 35.6 Å². The Balaban J connectivity index is 2.14. The quantitative estimate of drug-likeness (QED) is 0.756. The first-order valence-electron chi connectivity index (χ1n) is 4.27. The lowest BCUT2D eigenvalue weighted by Crippen LogP contribution is -2.32.